The summed E-state index contributed by atoms with van der Waals surface area (Å²) in [6, 6.07) is 15.3. The monoisotopic (exact) mass is 631 g/mol. The Hall–Kier alpha value is -4.51. The second-order valence-electron chi connectivity index (χ2n) is 9.26. The van der Waals surface area contributed by atoms with Gasteiger partial charge < -0.3 is 5.32 Å². The van der Waals surface area contributed by atoms with Crippen molar-refractivity contribution in [3.63, 3.8) is 0 Å². The fraction of sp³-hybridized carbons (Fsp3) is 0.172. The van der Waals surface area contributed by atoms with Crippen molar-refractivity contribution in [2.75, 3.05) is 11.2 Å². The summed E-state index contributed by atoms with van der Waals surface area (Å²) in [5, 5.41) is 20.2. The van der Waals surface area contributed by atoms with Crippen molar-refractivity contribution in [2.45, 2.75) is 30.0 Å². The van der Waals surface area contributed by atoms with Crippen LogP contribution in [0.3, 0.4) is 0 Å². The van der Waals surface area contributed by atoms with E-state index in [0.29, 0.717) is 21.2 Å². The molecular formula is C29H21ClF3N3O6S. The third-order valence-corrected chi connectivity index (χ3v) is 7.78. The minimum absolute atomic E-state index is 0.00269. The number of Topliss-reactive ketones (excluding diaryl/α,β-unsaturated/α-hetero) is 1. The van der Waals surface area contributed by atoms with Crippen molar-refractivity contribution in [3.8, 4) is 6.07 Å². The van der Waals surface area contributed by atoms with E-state index in [9.17, 15) is 31.8 Å². The van der Waals surface area contributed by atoms with E-state index in [1.54, 1.807) is 12.1 Å². The molecule has 43 heavy (non-hydrogen) atoms. The van der Waals surface area contributed by atoms with Crippen LogP contribution in [0.2, 0.25) is 5.02 Å². The summed E-state index contributed by atoms with van der Waals surface area (Å²) in [5.41, 5.74) is 0.561. The zero-order valence-corrected chi connectivity index (χ0v) is 23.7. The molecule has 2 atom stereocenters. The van der Waals surface area contributed by atoms with Gasteiger partial charge in [-0.15, -0.1) is 0 Å². The lowest BCUT2D eigenvalue weighted by Crippen LogP contribution is -2.47. The van der Waals surface area contributed by atoms with Gasteiger partial charge in [0.05, 0.1) is 45.3 Å². The van der Waals surface area contributed by atoms with Gasteiger partial charge in [-0.05, 0) is 60.5 Å². The smallest absolute Gasteiger partial charge is 0.326 e. The SMILES string of the molecule is CS(=O)c1cc(C#N)ccc1C1NC(=O)N(c2cccc(C(F)(F)F)c2)C2=C1C(=O)CC2.O=C(OO)c1cccc(Cl)c1. The van der Waals surface area contributed by atoms with Crippen LogP contribution in [0.25, 0.3) is 0 Å². The number of nitrogens with one attached hydrogen (secondary N) is 1. The molecule has 9 nitrogen and oxygen atoms in total. The molecule has 2 N–H and O–H groups in total. The Labute approximate surface area is 250 Å². The third-order valence-electron chi connectivity index (χ3n) is 6.57. The zero-order chi connectivity index (χ0) is 31.5. The molecule has 0 saturated carbocycles. The van der Waals surface area contributed by atoms with Gasteiger partial charge in [0.2, 0.25) is 0 Å². The standard InChI is InChI=1S/C22H16F3N3O3S.C7H5ClO3/c1-32(31)18-9-12(11-26)5-6-15(18)20-19-16(7-8-17(19)29)28(21(30)27-20)14-4-2-3-13(10-14)22(23,24)25;8-6-3-1-2-5(4-6)7(9)11-10/h2-6,9-10,20H,7-8H2,1H3,(H,27,30);1-4,10H. The number of nitrogens with zero attached hydrogens (tertiary/aromatic N) is 2. The number of amides is 2. The van der Waals surface area contributed by atoms with Gasteiger partial charge >= 0.3 is 18.2 Å². The van der Waals surface area contributed by atoms with Crippen molar-refractivity contribution >= 4 is 45.9 Å². The van der Waals surface area contributed by atoms with Crippen LogP contribution in [0.15, 0.2) is 82.9 Å². The fourth-order valence-electron chi connectivity index (χ4n) is 4.69. The quantitative estimate of drug-likeness (QED) is 0.259. The van der Waals surface area contributed by atoms with E-state index in [1.807, 2.05) is 6.07 Å². The maximum absolute atomic E-state index is 13.2. The highest BCUT2D eigenvalue weighted by Gasteiger charge is 2.42. The first-order valence-corrected chi connectivity index (χ1v) is 14.3. The molecule has 5 rings (SSSR count). The van der Waals surface area contributed by atoms with Crippen LogP contribution in [0.4, 0.5) is 23.7 Å². The molecule has 3 aromatic carbocycles. The molecule has 1 aliphatic heterocycles. The van der Waals surface area contributed by atoms with Gasteiger partial charge in [-0.25, -0.2) is 9.59 Å². The molecule has 2 aliphatic rings. The number of ketones is 1. The lowest BCUT2D eigenvalue weighted by atomic mass is 9.94. The molecule has 0 radical (unpaired) electrons. The van der Waals surface area contributed by atoms with Gasteiger partial charge in [0, 0.05) is 33.9 Å². The number of alkyl halides is 3. The molecule has 1 aliphatic carbocycles. The van der Waals surface area contributed by atoms with E-state index in [2.05, 4.69) is 10.2 Å². The summed E-state index contributed by atoms with van der Waals surface area (Å²) in [6.45, 7) is 0. The van der Waals surface area contributed by atoms with Crippen LogP contribution in [0.1, 0.15) is 45.9 Å². The first-order chi connectivity index (χ1) is 20.3. The van der Waals surface area contributed by atoms with Gasteiger partial charge in [0.15, 0.2) is 5.78 Å². The number of hydrogen-bond acceptors (Lipinski definition) is 7. The van der Waals surface area contributed by atoms with Crippen LogP contribution in [0.5, 0.6) is 0 Å². The van der Waals surface area contributed by atoms with Crippen LogP contribution < -0.4 is 10.2 Å². The lowest BCUT2D eigenvalue weighted by Gasteiger charge is -2.35. The van der Waals surface area contributed by atoms with Crippen molar-refractivity contribution in [3.05, 3.63) is 105 Å². The molecule has 2 unspecified atom stereocenters. The fourth-order valence-corrected chi connectivity index (χ4v) is 5.69. The van der Waals surface area contributed by atoms with Gasteiger partial charge in [-0.3, -0.25) is 18.8 Å². The van der Waals surface area contributed by atoms with Gasteiger partial charge in [-0.1, -0.05) is 29.8 Å². The van der Waals surface area contributed by atoms with E-state index in [0.717, 1.165) is 17.0 Å². The van der Waals surface area contributed by atoms with Gasteiger partial charge in [-0.2, -0.15) is 23.7 Å². The van der Waals surface area contributed by atoms with Gasteiger partial charge in [0.1, 0.15) is 0 Å². The maximum Gasteiger partial charge on any atom is 0.416 e. The summed E-state index contributed by atoms with van der Waals surface area (Å²) in [5.74, 6) is -1.06. The summed E-state index contributed by atoms with van der Waals surface area (Å²) in [7, 11) is -1.52. The summed E-state index contributed by atoms with van der Waals surface area (Å²) in [4.78, 5) is 41.3. The zero-order valence-electron chi connectivity index (χ0n) is 22.1. The second kappa shape index (κ2) is 12.8. The summed E-state index contributed by atoms with van der Waals surface area (Å²) in [6.07, 6.45) is -2.87. The molecule has 0 fully saturated rings. The molecule has 0 spiro atoms. The number of carbonyl (C=O) groups excluding carboxylic acids is 3. The van der Waals surface area contributed by atoms with Crippen LogP contribution in [-0.4, -0.2) is 33.5 Å². The number of allylic oxidation sites excluding steroid dienone is 1. The maximum atomic E-state index is 13.2. The number of benzene rings is 3. The molecule has 3 aromatic rings. The Bertz CT molecular complexity index is 1720. The van der Waals surface area contributed by atoms with Crippen LogP contribution in [-0.2, 0) is 26.7 Å². The largest absolute Gasteiger partial charge is 0.416 e. The first kappa shape index (κ1) is 31.4. The molecule has 0 bridgehead atoms. The van der Waals surface area contributed by atoms with Crippen LogP contribution >= 0.6 is 11.6 Å². The number of halogens is 4. The van der Waals surface area contributed by atoms with Crippen LogP contribution in [0, 0.1) is 11.3 Å². The predicted octanol–water partition coefficient (Wildman–Crippen LogP) is 6.17. The Morgan fingerprint density at radius 1 is 1.12 bits per heavy atom. The summed E-state index contributed by atoms with van der Waals surface area (Å²) >= 11 is 5.56. The second-order valence-corrected chi connectivity index (χ2v) is 11.0. The lowest BCUT2D eigenvalue weighted by molar-refractivity contribution is -0.182. The number of urea groups is 1. The number of rotatable bonds is 4. The molecule has 222 valence electrons. The van der Waals surface area contributed by atoms with E-state index < -0.39 is 40.6 Å². The average molecular weight is 632 g/mol. The van der Waals surface area contributed by atoms with Crippen molar-refractivity contribution in [1.82, 2.24) is 5.32 Å². The Morgan fingerprint density at radius 2 is 1.84 bits per heavy atom. The Morgan fingerprint density at radius 3 is 2.47 bits per heavy atom. The highest BCUT2D eigenvalue weighted by molar-refractivity contribution is 7.84. The minimum Gasteiger partial charge on any atom is -0.326 e. The molecule has 2 amide bonds. The molecule has 1 heterocycles. The molecule has 0 saturated heterocycles. The number of carbonyl (C=O) groups is 3. The predicted molar refractivity (Wildman–Crippen MR) is 149 cm³/mol. The summed E-state index contributed by atoms with van der Waals surface area (Å²) < 4.78 is 51.9. The Balaban J connectivity index is 0.000000324. The van der Waals surface area contributed by atoms with E-state index in [4.69, 9.17) is 22.1 Å². The highest BCUT2D eigenvalue weighted by atomic mass is 35.5. The first-order valence-electron chi connectivity index (χ1n) is 12.4. The van der Waals surface area contributed by atoms with E-state index in [-0.39, 0.29) is 41.0 Å². The van der Waals surface area contributed by atoms with Crippen molar-refractivity contribution < 1.29 is 41.9 Å². The van der Waals surface area contributed by atoms with Crippen molar-refractivity contribution in [1.29, 1.82) is 5.26 Å². The molecule has 14 heteroatoms. The van der Waals surface area contributed by atoms with Crippen molar-refractivity contribution in [2.24, 2.45) is 0 Å². The van der Waals surface area contributed by atoms with E-state index >= 15 is 0 Å². The molecule has 0 aromatic heterocycles. The third kappa shape index (κ3) is 6.77. The van der Waals surface area contributed by atoms with E-state index in [1.165, 1.54) is 48.7 Å². The molecular weight excluding hydrogens is 611 g/mol. The Kier molecular flexibility index (Phi) is 9.34. The minimum atomic E-state index is -4.59. The average Bonchev–Trinajstić information content (AvgIpc) is 3.36. The number of anilines is 1. The normalized spacial score (nSPS) is 16.9. The topological polar surface area (TPSA) is 137 Å². The number of hydrogen-bond donors (Lipinski definition) is 2. The number of nitriles is 1. The van der Waals surface area contributed by atoms with Gasteiger partial charge in [0.25, 0.3) is 0 Å². The highest BCUT2D eigenvalue weighted by Crippen LogP contribution is 2.42.